The second-order valence-corrected chi connectivity index (χ2v) is 11.7. The van der Waals surface area contributed by atoms with Gasteiger partial charge in [-0.15, -0.1) is 0 Å². The highest BCUT2D eigenvalue weighted by Gasteiger charge is 2.04. The molecule has 0 saturated carbocycles. The van der Waals surface area contributed by atoms with Crippen molar-refractivity contribution in [2.75, 3.05) is 26.4 Å². The number of hydrogen-bond acceptors (Lipinski definition) is 5. The van der Waals surface area contributed by atoms with Crippen LogP contribution in [-0.4, -0.2) is 26.4 Å². The summed E-state index contributed by atoms with van der Waals surface area (Å²) in [4.78, 5) is 0. The van der Waals surface area contributed by atoms with Gasteiger partial charge in [0.2, 0.25) is 0 Å². The first-order chi connectivity index (χ1) is 24.3. The normalized spacial score (nSPS) is 10.9. The number of ether oxygens (including phenoxy) is 5. The number of benzene rings is 6. The number of rotatable bonds is 18. The molecule has 0 amide bonds. The lowest BCUT2D eigenvalue weighted by Crippen LogP contribution is -2.06. The van der Waals surface area contributed by atoms with E-state index in [1.54, 1.807) is 0 Å². The molecule has 0 aromatic heterocycles. The largest absolute Gasteiger partial charge is 0.491 e. The van der Waals surface area contributed by atoms with Gasteiger partial charge in [-0.05, 0) is 68.8 Å². The van der Waals surface area contributed by atoms with Crippen LogP contribution < -0.4 is 9.47 Å². The molecule has 0 unspecified atom stereocenters. The van der Waals surface area contributed by atoms with E-state index in [-0.39, 0.29) is 0 Å². The van der Waals surface area contributed by atoms with Crippen LogP contribution in [0.3, 0.4) is 0 Å². The van der Waals surface area contributed by atoms with Gasteiger partial charge in [0.1, 0.15) is 24.7 Å². The quantitative estimate of drug-likeness (QED) is 0.0867. The fraction of sp³-hybridized carbons (Fsp3) is 0.182. The van der Waals surface area contributed by atoms with E-state index in [1.165, 1.54) is 0 Å². The fourth-order valence-corrected chi connectivity index (χ4v) is 5.33. The minimum absolute atomic E-state index is 0.516. The lowest BCUT2D eigenvalue weighted by atomic mass is 10.0. The molecule has 49 heavy (non-hydrogen) atoms. The van der Waals surface area contributed by atoms with Crippen LogP contribution in [0.15, 0.2) is 158 Å². The molecule has 248 valence electrons. The molecule has 5 nitrogen and oxygen atoms in total. The van der Waals surface area contributed by atoms with Crippen molar-refractivity contribution in [2.45, 2.75) is 26.4 Å². The van der Waals surface area contributed by atoms with E-state index in [0.29, 0.717) is 52.9 Å². The molecule has 0 fully saturated rings. The zero-order chi connectivity index (χ0) is 33.4. The standard InChI is InChI=1S/C44H42O5/c1-3-7-35(8-4-1)31-45-27-29-48-43-23-19-41(20-24-43)39-15-11-37(12-16-39)33-47-34-38-13-17-40(18-14-38)42-21-25-44(26-22-42)49-30-28-46-32-36-9-5-2-6-10-36/h1-26H,27-34H2. The Hall–Kier alpha value is -5.20. The summed E-state index contributed by atoms with van der Waals surface area (Å²) >= 11 is 0. The van der Waals surface area contributed by atoms with Crippen LogP contribution >= 0.6 is 0 Å². The Morgan fingerprint density at radius 1 is 0.265 bits per heavy atom. The minimum Gasteiger partial charge on any atom is -0.491 e. The monoisotopic (exact) mass is 650 g/mol. The van der Waals surface area contributed by atoms with Crippen LogP contribution in [0.4, 0.5) is 0 Å². The average Bonchev–Trinajstić information content (AvgIpc) is 3.16. The van der Waals surface area contributed by atoms with Gasteiger partial charge in [-0.1, -0.05) is 133 Å². The van der Waals surface area contributed by atoms with Crippen LogP contribution in [0.1, 0.15) is 22.3 Å². The first kappa shape index (κ1) is 33.7. The minimum atomic E-state index is 0.516. The van der Waals surface area contributed by atoms with E-state index in [0.717, 1.165) is 56.0 Å². The first-order valence-electron chi connectivity index (χ1n) is 16.7. The molecule has 6 rings (SSSR count). The van der Waals surface area contributed by atoms with Gasteiger partial charge in [0.05, 0.1) is 39.6 Å². The van der Waals surface area contributed by atoms with E-state index in [2.05, 4.69) is 97.1 Å². The lowest BCUT2D eigenvalue weighted by molar-refractivity contribution is 0.0889. The summed E-state index contributed by atoms with van der Waals surface area (Å²) in [6, 6.07) is 53.7. The summed E-state index contributed by atoms with van der Waals surface area (Å²) in [6.45, 7) is 4.43. The molecule has 0 N–H and O–H groups in total. The highest BCUT2D eigenvalue weighted by Crippen LogP contribution is 2.25. The Kier molecular flexibility index (Phi) is 12.6. The van der Waals surface area contributed by atoms with Gasteiger partial charge < -0.3 is 23.7 Å². The molecular formula is C44H42O5. The summed E-state index contributed by atoms with van der Waals surface area (Å²) in [5.74, 6) is 1.68. The molecule has 0 bridgehead atoms. The van der Waals surface area contributed by atoms with Crippen molar-refractivity contribution in [2.24, 2.45) is 0 Å². The molecule has 6 aromatic rings. The van der Waals surface area contributed by atoms with Crippen molar-refractivity contribution in [3.63, 3.8) is 0 Å². The van der Waals surface area contributed by atoms with Gasteiger partial charge in [0, 0.05) is 0 Å². The van der Waals surface area contributed by atoms with E-state index in [1.807, 2.05) is 60.7 Å². The van der Waals surface area contributed by atoms with Gasteiger partial charge in [-0.25, -0.2) is 0 Å². The van der Waals surface area contributed by atoms with Crippen molar-refractivity contribution < 1.29 is 23.7 Å². The molecule has 0 spiro atoms. The molecule has 0 radical (unpaired) electrons. The van der Waals surface area contributed by atoms with Crippen LogP contribution in [0, 0.1) is 0 Å². The Morgan fingerprint density at radius 2 is 0.571 bits per heavy atom. The van der Waals surface area contributed by atoms with Crippen LogP contribution in [0.2, 0.25) is 0 Å². The highest BCUT2D eigenvalue weighted by atomic mass is 16.5. The summed E-state index contributed by atoms with van der Waals surface area (Å²) in [5, 5.41) is 0. The molecule has 0 aliphatic carbocycles. The third-order valence-electron chi connectivity index (χ3n) is 8.04. The summed E-state index contributed by atoms with van der Waals surface area (Å²) in [6.07, 6.45) is 0. The van der Waals surface area contributed by atoms with Crippen molar-refractivity contribution in [3.8, 4) is 33.8 Å². The zero-order valence-corrected chi connectivity index (χ0v) is 27.7. The third-order valence-corrected chi connectivity index (χ3v) is 8.04. The lowest BCUT2D eigenvalue weighted by Gasteiger charge is -2.10. The maximum Gasteiger partial charge on any atom is 0.119 e. The Morgan fingerprint density at radius 3 is 0.939 bits per heavy atom. The summed E-state index contributed by atoms with van der Waals surface area (Å²) < 4.78 is 29.1. The van der Waals surface area contributed by atoms with Crippen LogP contribution in [-0.2, 0) is 40.6 Å². The van der Waals surface area contributed by atoms with E-state index in [9.17, 15) is 0 Å². The van der Waals surface area contributed by atoms with E-state index < -0.39 is 0 Å². The first-order valence-corrected chi connectivity index (χ1v) is 16.7. The Labute approximate surface area is 289 Å². The predicted molar refractivity (Wildman–Crippen MR) is 195 cm³/mol. The number of hydrogen-bond donors (Lipinski definition) is 0. The van der Waals surface area contributed by atoms with E-state index >= 15 is 0 Å². The fourth-order valence-electron chi connectivity index (χ4n) is 5.33. The average molecular weight is 651 g/mol. The topological polar surface area (TPSA) is 46.2 Å². The summed E-state index contributed by atoms with van der Waals surface area (Å²) in [7, 11) is 0. The highest BCUT2D eigenvalue weighted by molar-refractivity contribution is 5.65. The van der Waals surface area contributed by atoms with Crippen molar-refractivity contribution >= 4 is 0 Å². The molecule has 0 heterocycles. The van der Waals surface area contributed by atoms with Gasteiger partial charge in [-0.3, -0.25) is 0 Å². The Balaban J connectivity index is 0.873. The molecule has 0 aliphatic rings. The van der Waals surface area contributed by atoms with Gasteiger partial charge in [0.15, 0.2) is 0 Å². The predicted octanol–water partition coefficient (Wildman–Crippen LogP) is 9.93. The molecule has 6 aromatic carbocycles. The second kappa shape index (κ2) is 18.4. The van der Waals surface area contributed by atoms with E-state index in [4.69, 9.17) is 23.7 Å². The van der Waals surface area contributed by atoms with Gasteiger partial charge in [0.25, 0.3) is 0 Å². The van der Waals surface area contributed by atoms with Crippen molar-refractivity contribution in [1.82, 2.24) is 0 Å². The van der Waals surface area contributed by atoms with Crippen molar-refractivity contribution in [3.05, 3.63) is 180 Å². The third kappa shape index (κ3) is 10.9. The molecule has 0 saturated heterocycles. The van der Waals surface area contributed by atoms with Gasteiger partial charge in [-0.2, -0.15) is 0 Å². The smallest absolute Gasteiger partial charge is 0.119 e. The Bertz CT molecular complexity index is 1650. The molecule has 5 heteroatoms. The summed E-state index contributed by atoms with van der Waals surface area (Å²) in [5.41, 5.74) is 9.21. The maximum absolute atomic E-state index is 6.03. The second-order valence-electron chi connectivity index (χ2n) is 11.7. The molecule has 0 atom stereocenters. The van der Waals surface area contributed by atoms with Crippen LogP contribution in [0.25, 0.3) is 22.3 Å². The van der Waals surface area contributed by atoms with Gasteiger partial charge >= 0.3 is 0 Å². The zero-order valence-electron chi connectivity index (χ0n) is 27.7. The maximum atomic E-state index is 6.03. The SMILES string of the molecule is c1ccc(COCCOc2ccc(-c3ccc(COCc4ccc(-c5ccc(OCCOCc6ccccc6)cc5)cc4)cc3)cc2)cc1. The van der Waals surface area contributed by atoms with Crippen molar-refractivity contribution in [1.29, 1.82) is 0 Å². The molecular weight excluding hydrogens is 608 g/mol. The molecule has 0 aliphatic heterocycles. The van der Waals surface area contributed by atoms with Crippen LogP contribution in [0.5, 0.6) is 11.5 Å².